The number of nitrogens with zero attached hydrogens (tertiary/aromatic N) is 1. The highest BCUT2D eigenvalue weighted by molar-refractivity contribution is 5.97. The van der Waals surface area contributed by atoms with Gasteiger partial charge in [0.25, 0.3) is 11.8 Å². The molecule has 0 radical (unpaired) electrons. The fourth-order valence-electron chi connectivity index (χ4n) is 2.66. The van der Waals surface area contributed by atoms with E-state index in [1.807, 2.05) is 48.5 Å². The van der Waals surface area contributed by atoms with E-state index in [0.717, 1.165) is 5.56 Å². The van der Waals surface area contributed by atoms with Gasteiger partial charge >= 0.3 is 0 Å². The van der Waals surface area contributed by atoms with Crippen LogP contribution in [0.4, 0.5) is 0 Å². The van der Waals surface area contributed by atoms with E-state index < -0.39 is 0 Å². The van der Waals surface area contributed by atoms with E-state index in [1.54, 1.807) is 44.4 Å². The van der Waals surface area contributed by atoms with E-state index in [9.17, 15) is 9.59 Å². The average molecular weight is 374 g/mol. The summed E-state index contributed by atoms with van der Waals surface area (Å²) in [7, 11) is 3.43. The molecular formula is C23H22N2O3. The Morgan fingerprint density at radius 1 is 0.857 bits per heavy atom. The van der Waals surface area contributed by atoms with Gasteiger partial charge in [0.05, 0.1) is 5.56 Å². The highest BCUT2D eigenvalue weighted by atomic mass is 16.5. The highest BCUT2D eigenvalue weighted by Gasteiger charge is 2.13. The number of rotatable bonds is 6. The lowest BCUT2D eigenvalue weighted by Crippen LogP contribution is -2.23. The van der Waals surface area contributed by atoms with E-state index >= 15 is 0 Å². The summed E-state index contributed by atoms with van der Waals surface area (Å²) in [6, 6.07) is 23.7. The Morgan fingerprint density at radius 3 is 2.18 bits per heavy atom. The number of amides is 2. The Labute approximate surface area is 164 Å². The number of ether oxygens (including phenoxy) is 1. The third-order valence-electron chi connectivity index (χ3n) is 4.16. The lowest BCUT2D eigenvalue weighted by Gasteiger charge is -2.12. The van der Waals surface area contributed by atoms with Crippen molar-refractivity contribution in [1.29, 1.82) is 0 Å². The summed E-state index contributed by atoms with van der Waals surface area (Å²) in [6.07, 6.45) is 0. The van der Waals surface area contributed by atoms with E-state index in [1.165, 1.54) is 4.90 Å². The lowest BCUT2D eigenvalue weighted by molar-refractivity contribution is 0.0827. The Hall–Kier alpha value is -3.60. The smallest absolute Gasteiger partial charge is 0.255 e. The molecule has 0 heterocycles. The predicted octanol–water partition coefficient (Wildman–Crippen LogP) is 4.11. The number of hydrogen-bond donors (Lipinski definition) is 1. The molecule has 5 nitrogen and oxygen atoms in total. The van der Waals surface area contributed by atoms with Gasteiger partial charge in [0.1, 0.15) is 11.5 Å². The zero-order chi connectivity index (χ0) is 19.9. The van der Waals surface area contributed by atoms with Gasteiger partial charge in [-0.15, -0.1) is 0 Å². The molecule has 142 valence electrons. The maximum atomic E-state index is 12.6. The van der Waals surface area contributed by atoms with Crippen molar-refractivity contribution in [2.45, 2.75) is 6.54 Å². The molecule has 3 aromatic carbocycles. The van der Waals surface area contributed by atoms with Gasteiger partial charge in [-0.3, -0.25) is 9.59 Å². The van der Waals surface area contributed by atoms with Crippen LogP contribution in [0.25, 0.3) is 0 Å². The second kappa shape index (κ2) is 8.86. The van der Waals surface area contributed by atoms with Crippen LogP contribution in [0.2, 0.25) is 0 Å². The topological polar surface area (TPSA) is 58.6 Å². The Balaban J connectivity index is 1.66. The summed E-state index contributed by atoms with van der Waals surface area (Å²) >= 11 is 0. The molecule has 28 heavy (non-hydrogen) atoms. The van der Waals surface area contributed by atoms with Gasteiger partial charge < -0.3 is 15.0 Å². The van der Waals surface area contributed by atoms with Crippen molar-refractivity contribution in [2.75, 3.05) is 14.1 Å². The van der Waals surface area contributed by atoms with E-state index in [-0.39, 0.29) is 11.8 Å². The first-order valence-electron chi connectivity index (χ1n) is 8.95. The van der Waals surface area contributed by atoms with Crippen LogP contribution >= 0.6 is 0 Å². The van der Waals surface area contributed by atoms with Gasteiger partial charge in [-0.2, -0.15) is 0 Å². The highest BCUT2D eigenvalue weighted by Crippen LogP contribution is 2.25. The fraction of sp³-hybridized carbons (Fsp3) is 0.130. The molecule has 3 rings (SSSR count). The molecule has 0 aliphatic heterocycles. The molecule has 2 amide bonds. The molecule has 5 heteroatoms. The Bertz CT molecular complexity index is 951. The van der Waals surface area contributed by atoms with Crippen molar-refractivity contribution in [3.05, 3.63) is 95.6 Å². The fourth-order valence-corrected chi connectivity index (χ4v) is 2.66. The maximum absolute atomic E-state index is 12.6. The standard InChI is InChI=1S/C23H22N2O3/c1-25(2)23(27)18-14-12-17(13-15-18)16-24-22(26)20-10-6-7-11-21(20)28-19-8-4-3-5-9-19/h3-15H,16H2,1-2H3,(H,24,26). The molecule has 0 bridgehead atoms. The molecule has 0 fully saturated rings. The van der Waals surface area contributed by atoms with Gasteiger partial charge in [-0.25, -0.2) is 0 Å². The van der Waals surface area contributed by atoms with Crippen LogP contribution in [0.15, 0.2) is 78.9 Å². The second-order valence-corrected chi connectivity index (χ2v) is 6.49. The number of carbonyl (C=O) groups is 2. The summed E-state index contributed by atoms with van der Waals surface area (Å²) in [5.74, 6) is 0.893. The molecule has 0 atom stereocenters. The van der Waals surface area contributed by atoms with Crippen LogP contribution in [-0.4, -0.2) is 30.8 Å². The van der Waals surface area contributed by atoms with Crippen LogP contribution in [0.1, 0.15) is 26.3 Å². The first-order chi connectivity index (χ1) is 13.5. The molecule has 1 N–H and O–H groups in total. The van der Waals surface area contributed by atoms with Crippen molar-refractivity contribution in [3.8, 4) is 11.5 Å². The summed E-state index contributed by atoms with van der Waals surface area (Å²) in [5, 5.41) is 2.90. The largest absolute Gasteiger partial charge is 0.457 e. The normalized spacial score (nSPS) is 10.2. The first-order valence-corrected chi connectivity index (χ1v) is 8.95. The predicted molar refractivity (Wildman–Crippen MR) is 109 cm³/mol. The third-order valence-corrected chi connectivity index (χ3v) is 4.16. The van der Waals surface area contributed by atoms with Crippen LogP contribution in [0, 0.1) is 0 Å². The molecule has 0 aliphatic carbocycles. The number of hydrogen-bond acceptors (Lipinski definition) is 3. The van der Waals surface area contributed by atoms with Crippen molar-refractivity contribution in [3.63, 3.8) is 0 Å². The molecule has 0 saturated carbocycles. The zero-order valence-electron chi connectivity index (χ0n) is 15.9. The van der Waals surface area contributed by atoms with Gasteiger partial charge in [0, 0.05) is 26.2 Å². The van der Waals surface area contributed by atoms with Gasteiger partial charge in [0.15, 0.2) is 0 Å². The molecule has 0 saturated heterocycles. The summed E-state index contributed by atoms with van der Waals surface area (Å²) < 4.78 is 5.84. The summed E-state index contributed by atoms with van der Waals surface area (Å²) in [4.78, 5) is 26.1. The quantitative estimate of drug-likeness (QED) is 0.706. The van der Waals surface area contributed by atoms with E-state index in [4.69, 9.17) is 4.74 Å². The number of nitrogens with one attached hydrogen (secondary N) is 1. The van der Waals surface area contributed by atoms with Crippen LogP contribution < -0.4 is 10.1 Å². The minimum Gasteiger partial charge on any atom is -0.457 e. The van der Waals surface area contributed by atoms with Crippen LogP contribution in [-0.2, 0) is 6.54 Å². The first kappa shape index (κ1) is 19.2. The van der Waals surface area contributed by atoms with Crippen molar-refractivity contribution in [1.82, 2.24) is 10.2 Å². The minimum absolute atomic E-state index is 0.0532. The van der Waals surface area contributed by atoms with Gasteiger partial charge in [-0.1, -0.05) is 42.5 Å². The Kier molecular flexibility index (Phi) is 6.07. The summed E-state index contributed by atoms with van der Waals surface area (Å²) in [5.41, 5.74) is 1.98. The molecular weight excluding hydrogens is 352 g/mol. The minimum atomic E-state index is -0.222. The molecule has 0 aromatic heterocycles. The molecule has 3 aromatic rings. The van der Waals surface area contributed by atoms with Crippen LogP contribution in [0.3, 0.4) is 0 Å². The number of para-hydroxylation sites is 2. The molecule has 0 unspecified atom stereocenters. The van der Waals surface area contributed by atoms with Crippen molar-refractivity contribution < 1.29 is 14.3 Å². The summed E-state index contributed by atoms with van der Waals surface area (Å²) in [6.45, 7) is 0.356. The molecule has 0 spiro atoms. The third kappa shape index (κ3) is 4.76. The van der Waals surface area contributed by atoms with Gasteiger partial charge in [0.2, 0.25) is 0 Å². The maximum Gasteiger partial charge on any atom is 0.255 e. The Morgan fingerprint density at radius 2 is 1.50 bits per heavy atom. The van der Waals surface area contributed by atoms with E-state index in [0.29, 0.717) is 29.2 Å². The molecule has 0 aliphatic rings. The van der Waals surface area contributed by atoms with Gasteiger partial charge in [-0.05, 0) is 42.0 Å². The number of benzene rings is 3. The lowest BCUT2D eigenvalue weighted by atomic mass is 10.1. The average Bonchev–Trinajstić information content (AvgIpc) is 2.73. The van der Waals surface area contributed by atoms with Crippen molar-refractivity contribution >= 4 is 11.8 Å². The SMILES string of the molecule is CN(C)C(=O)c1ccc(CNC(=O)c2ccccc2Oc2ccccc2)cc1. The number of carbonyl (C=O) groups excluding carboxylic acids is 2. The van der Waals surface area contributed by atoms with Crippen LogP contribution in [0.5, 0.6) is 11.5 Å². The van der Waals surface area contributed by atoms with E-state index in [2.05, 4.69) is 5.32 Å². The zero-order valence-corrected chi connectivity index (χ0v) is 15.9. The monoisotopic (exact) mass is 374 g/mol. The van der Waals surface area contributed by atoms with Crippen molar-refractivity contribution in [2.24, 2.45) is 0 Å². The second-order valence-electron chi connectivity index (χ2n) is 6.49.